The zero-order valence-electron chi connectivity index (χ0n) is 11.6. The summed E-state index contributed by atoms with van der Waals surface area (Å²) in [6, 6.07) is 5.37. The van der Waals surface area contributed by atoms with Crippen LogP contribution in [0.2, 0.25) is 0 Å². The van der Waals surface area contributed by atoms with Crippen molar-refractivity contribution in [1.29, 1.82) is 0 Å². The molecule has 6 nitrogen and oxygen atoms in total. The monoisotopic (exact) mass is 315 g/mol. The van der Waals surface area contributed by atoms with E-state index < -0.39 is 29.3 Å². The SMILES string of the molecule is CN1C(=O)C(C)(c2ccccc2OC(=O)C(F)(F)F)N=C1N. The first kappa shape index (κ1) is 15.8. The largest absolute Gasteiger partial charge is 0.491 e. The minimum atomic E-state index is -5.15. The van der Waals surface area contributed by atoms with Crippen LogP contribution < -0.4 is 10.5 Å². The van der Waals surface area contributed by atoms with Gasteiger partial charge in [-0.1, -0.05) is 18.2 Å². The molecule has 1 aliphatic rings. The van der Waals surface area contributed by atoms with Crippen LogP contribution in [0.25, 0.3) is 0 Å². The number of esters is 1. The molecule has 2 rings (SSSR count). The summed E-state index contributed by atoms with van der Waals surface area (Å²) in [5, 5.41) is 0. The molecule has 0 saturated carbocycles. The molecule has 1 heterocycles. The minimum absolute atomic E-state index is 0.0184. The predicted octanol–water partition coefficient (Wildman–Crippen LogP) is 1.16. The number of benzene rings is 1. The Labute approximate surface area is 123 Å². The van der Waals surface area contributed by atoms with Gasteiger partial charge in [0.2, 0.25) is 0 Å². The van der Waals surface area contributed by atoms with Crippen molar-refractivity contribution >= 4 is 17.8 Å². The number of halogens is 3. The first-order valence-electron chi connectivity index (χ1n) is 6.09. The number of nitrogens with two attached hydrogens (primary N) is 1. The second-order valence-corrected chi connectivity index (χ2v) is 4.79. The van der Waals surface area contributed by atoms with Gasteiger partial charge in [0.25, 0.3) is 5.91 Å². The van der Waals surface area contributed by atoms with Crippen LogP contribution >= 0.6 is 0 Å². The number of guanidine groups is 1. The molecule has 1 unspecified atom stereocenters. The van der Waals surface area contributed by atoms with E-state index in [0.29, 0.717) is 0 Å². The van der Waals surface area contributed by atoms with Gasteiger partial charge in [0.05, 0.1) is 0 Å². The molecule has 0 fully saturated rings. The number of nitrogens with zero attached hydrogens (tertiary/aromatic N) is 2. The van der Waals surface area contributed by atoms with Crippen LogP contribution in [0.1, 0.15) is 12.5 Å². The molecule has 9 heteroatoms. The summed E-state index contributed by atoms with van der Waals surface area (Å²) < 4.78 is 41.4. The number of carbonyl (C=O) groups is 2. The predicted molar refractivity (Wildman–Crippen MR) is 69.9 cm³/mol. The van der Waals surface area contributed by atoms with Crippen molar-refractivity contribution in [3.8, 4) is 5.75 Å². The van der Waals surface area contributed by atoms with Crippen LogP contribution in [-0.2, 0) is 15.1 Å². The van der Waals surface area contributed by atoms with Crippen molar-refractivity contribution in [2.24, 2.45) is 10.7 Å². The van der Waals surface area contributed by atoms with Crippen molar-refractivity contribution in [3.63, 3.8) is 0 Å². The van der Waals surface area contributed by atoms with Gasteiger partial charge in [-0.2, -0.15) is 13.2 Å². The Hall–Kier alpha value is -2.58. The van der Waals surface area contributed by atoms with Crippen molar-refractivity contribution in [3.05, 3.63) is 29.8 Å². The summed E-state index contributed by atoms with van der Waals surface area (Å²) in [5.41, 5.74) is 4.03. The number of aliphatic imine (C=N–C) groups is 1. The van der Waals surface area contributed by atoms with Crippen molar-refractivity contribution in [1.82, 2.24) is 4.90 Å². The lowest BCUT2D eigenvalue weighted by Gasteiger charge is -2.22. The van der Waals surface area contributed by atoms with E-state index in [1.54, 1.807) is 0 Å². The average molecular weight is 315 g/mol. The Morgan fingerprint density at radius 1 is 1.36 bits per heavy atom. The number of rotatable bonds is 2. The Kier molecular flexibility index (Phi) is 3.59. The number of carbonyl (C=O) groups excluding carboxylic acids is 2. The van der Waals surface area contributed by atoms with E-state index in [1.165, 1.54) is 32.2 Å². The molecule has 118 valence electrons. The lowest BCUT2D eigenvalue weighted by Crippen LogP contribution is -2.39. The first-order valence-corrected chi connectivity index (χ1v) is 6.09. The molecule has 0 aliphatic carbocycles. The van der Waals surface area contributed by atoms with Crippen LogP contribution in [0.3, 0.4) is 0 Å². The molecule has 1 aromatic carbocycles. The topological polar surface area (TPSA) is 85.0 Å². The maximum absolute atomic E-state index is 12.3. The highest BCUT2D eigenvalue weighted by Crippen LogP contribution is 2.38. The molecule has 1 aromatic rings. The van der Waals surface area contributed by atoms with E-state index in [0.717, 1.165) is 11.0 Å². The number of likely N-dealkylation sites (N-methyl/N-ethyl adjacent to an activating group) is 1. The van der Waals surface area contributed by atoms with Gasteiger partial charge in [-0.25, -0.2) is 9.79 Å². The number of alkyl halides is 3. The van der Waals surface area contributed by atoms with Crippen molar-refractivity contribution < 1.29 is 27.5 Å². The Morgan fingerprint density at radius 3 is 2.45 bits per heavy atom. The lowest BCUT2D eigenvalue weighted by molar-refractivity contribution is -0.189. The van der Waals surface area contributed by atoms with Crippen molar-refractivity contribution in [2.75, 3.05) is 7.05 Å². The highest BCUT2D eigenvalue weighted by Gasteiger charge is 2.47. The number of para-hydroxylation sites is 1. The fourth-order valence-corrected chi connectivity index (χ4v) is 2.07. The third kappa shape index (κ3) is 2.49. The molecular formula is C13H12F3N3O3. The van der Waals surface area contributed by atoms with Crippen LogP contribution in [0, 0.1) is 0 Å². The minimum Gasteiger partial charge on any atom is -0.419 e. The molecule has 0 spiro atoms. The molecule has 1 amide bonds. The van der Waals surface area contributed by atoms with Gasteiger partial charge in [0.1, 0.15) is 5.75 Å². The third-order valence-electron chi connectivity index (χ3n) is 3.25. The Bertz CT molecular complexity index is 672. The molecule has 2 N–H and O–H groups in total. The van der Waals surface area contributed by atoms with E-state index in [9.17, 15) is 22.8 Å². The molecule has 1 aliphatic heterocycles. The standard InChI is InChI=1S/C13H12F3N3O3/c1-12(9(20)19(2)11(17)18-12)7-5-3-4-6-8(7)22-10(21)13(14,15)16/h3-6H,1-2H3,(H2,17,18). The van der Waals surface area contributed by atoms with E-state index >= 15 is 0 Å². The zero-order valence-corrected chi connectivity index (χ0v) is 11.6. The first-order chi connectivity index (χ1) is 10.1. The second-order valence-electron chi connectivity index (χ2n) is 4.79. The molecule has 0 radical (unpaired) electrons. The molecule has 22 heavy (non-hydrogen) atoms. The summed E-state index contributed by atoms with van der Waals surface area (Å²) in [6.45, 7) is 1.38. The van der Waals surface area contributed by atoms with E-state index in [2.05, 4.69) is 9.73 Å². The van der Waals surface area contributed by atoms with Gasteiger partial charge in [0, 0.05) is 12.6 Å². The molecular weight excluding hydrogens is 303 g/mol. The molecule has 1 atom stereocenters. The number of amides is 1. The van der Waals surface area contributed by atoms with E-state index in [4.69, 9.17) is 5.73 Å². The van der Waals surface area contributed by atoms with Crippen LogP contribution in [0.5, 0.6) is 5.75 Å². The van der Waals surface area contributed by atoms with E-state index in [1.807, 2.05) is 0 Å². The summed E-state index contributed by atoms with van der Waals surface area (Å²) >= 11 is 0. The summed E-state index contributed by atoms with van der Waals surface area (Å²) in [4.78, 5) is 28.3. The van der Waals surface area contributed by atoms with Gasteiger partial charge in [0.15, 0.2) is 11.5 Å². The van der Waals surface area contributed by atoms with Crippen LogP contribution in [0.4, 0.5) is 13.2 Å². The van der Waals surface area contributed by atoms with E-state index in [-0.39, 0.29) is 11.5 Å². The van der Waals surface area contributed by atoms with Gasteiger partial charge in [-0.3, -0.25) is 9.69 Å². The smallest absolute Gasteiger partial charge is 0.419 e. The van der Waals surface area contributed by atoms with Gasteiger partial charge in [-0.05, 0) is 13.0 Å². The zero-order chi connectivity index (χ0) is 16.7. The van der Waals surface area contributed by atoms with Gasteiger partial charge in [-0.15, -0.1) is 0 Å². The summed E-state index contributed by atoms with van der Waals surface area (Å²) in [5.74, 6) is -3.39. The number of ether oxygens (including phenoxy) is 1. The molecule has 0 bridgehead atoms. The average Bonchev–Trinajstić information content (AvgIpc) is 2.63. The lowest BCUT2D eigenvalue weighted by atomic mass is 9.91. The third-order valence-corrected chi connectivity index (χ3v) is 3.25. The van der Waals surface area contributed by atoms with Gasteiger partial charge < -0.3 is 10.5 Å². The highest BCUT2D eigenvalue weighted by atomic mass is 19.4. The second kappa shape index (κ2) is 5.00. The van der Waals surface area contributed by atoms with Crippen molar-refractivity contribution in [2.45, 2.75) is 18.6 Å². The number of hydrogen-bond donors (Lipinski definition) is 1. The summed E-state index contributed by atoms with van der Waals surface area (Å²) in [7, 11) is 1.39. The fraction of sp³-hybridized carbons (Fsp3) is 0.308. The fourth-order valence-electron chi connectivity index (χ4n) is 2.07. The maximum Gasteiger partial charge on any atom is 0.491 e. The maximum atomic E-state index is 12.3. The Balaban J connectivity index is 2.46. The molecule has 0 aromatic heterocycles. The molecule has 0 saturated heterocycles. The number of hydrogen-bond acceptors (Lipinski definition) is 5. The Morgan fingerprint density at radius 2 is 1.95 bits per heavy atom. The highest BCUT2D eigenvalue weighted by molar-refractivity contribution is 6.07. The van der Waals surface area contributed by atoms with Crippen LogP contribution in [0.15, 0.2) is 29.3 Å². The van der Waals surface area contributed by atoms with Crippen LogP contribution in [-0.4, -0.2) is 36.0 Å². The quantitative estimate of drug-likeness (QED) is 0.655. The summed E-state index contributed by atoms with van der Waals surface area (Å²) in [6.07, 6.45) is -5.15. The normalized spacial score (nSPS) is 21.8. The van der Waals surface area contributed by atoms with Gasteiger partial charge >= 0.3 is 12.1 Å².